The van der Waals surface area contributed by atoms with Crippen LogP contribution >= 0.6 is 0 Å². The lowest BCUT2D eigenvalue weighted by Gasteiger charge is -2.21. The summed E-state index contributed by atoms with van der Waals surface area (Å²) in [5.74, 6) is -0.445. The second-order valence-electron chi connectivity index (χ2n) is 2.57. The number of carbonyl (C=O) groups excluding carboxylic acids is 1. The van der Waals surface area contributed by atoms with Crippen molar-refractivity contribution in [2.24, 2.45) is 5.73 Å². The predicted octanol–water partition coefficient (Wildman–Crippen LogP) is 0.0149. The van der Waals surface area contributed by atoms with Gasteiger partial charge in [0, 0.05) is 6.61 Å². The van der Waals surface area contributed by atoms with Gasteiger partial charge in [-0.3, -0.25) is 4.79 Å². The van der Waals surface area contributed by atoms with Crippen LogP contribution in [-0.4, -0.2) is 25.4 Å². The molecule has 4 heteroatoms. The van der Waals surface area contributed by atoms with E-state index >= 15 is 0 Å². The van der Waals surface area contributed by atoms with Gasteiger partial charge in [-0.05, 0) is 19.3 Å². The molecule has 1 atom stereocenters. The van der Waals surface area contributed by atoms with Gasteiger partial charge in [-0.1, -0.05) is 0 Å². The van der Waals surface area contributed by atoms with E-state index < -0.39 is 5.91 Å². The van der Waals surface area contributed by atoms with Crippen molar-refractivity contribution in [1.29, 1.82) is 0 Å². The first-order valence-electron chi connectivity index (χ1n) is 3.80. The third-order valence-corrected chi connectivity index (χ3v) is 1.55. The highest BCUT2D eigenvalue weighted by Crippen LogP contribution is 2.12. The highest BCUT2D eigenvalue weighted by molar-refractivity contribution is 5.74. The maximum Gasteiger partial charge on any atom is 0.243 e. The van der Waals surface area contributed by atoms with Gasteiger partial charge < -0.3 is 15.2 Å². The lowest BCUT2D eigenvalue weighted by molar-refractivity contribution is -0.168. The first kappa shape index (κ1) is 8.49. The molecule has 4 nitrogen and oxygen atoms in total. The summed E-state index contributed by atoms with van der Waals surface area (Å²) in [5.41, 5.74) is 4.89. The summed E-state index contributed by atoms with van der Waals surface area (Å²) in [4.78, 5) is 10.3. The van der Waals surface area contributed by atoms with Crippen LogP contribution in [-0.2, 0) is 14.3 Å². The fourth-order valence-corrected chi connectivity index (χ4v) is 1.02. The summed E-state index contributed by atoms with van der Waals surface area (Å²) < 4.78 is 10.2. The first-order chi connectivity index (χ1) is 5.29. The van der Waals surface area contributed by atoms with Crippen LogP contribution in [0.2, 0.25) is 0 Å². The fourth-order valence-electron chi connectivity index (χ4n) is 1.02. The summed E-state index contributed by atoms with van der Waals surface area (Å²) in [7, 11) is 0. The van der Waals surface area contributed by atoms with E-state index in [2.05, 4.69) is 0 Å². The molecule has 1 unspecified atom stereocenters. The van der Waals surface area contributed by atoms with E-state index in [1.165, 1.54) is 0 Å². The molecule has 0 aromatic heterocycles. The van der Waals surface area contributed by atoms with Crippen LogP contribution in [0.1, 0.15) is 19.3 Å². The van der Waals surface area contributed by atoms with E-state index in [1.54, 1.807) is 0 Å². The Bertz CT molecular complexity index is 132. The predicted molar refractivity (Wildman–Crippen MR) is 38.7 cm³/mol. The molecule has 11 heavy (non-hydrogen) atoms. The number of primary amides is 1. The second kappa shape index (κ2) is 4.31. The van der Waals surface area contributed by atoms with Crippen molar-refractivity contribution in [3.63, 3.8) is 0 Å². The third-order valence-electron chi connectivity index (χ3n) is 1.55. The van der Waals surface area contributed by atoms with E-state index in [0.717, 1.165) is 25.9 Å². The summed E-state index contributed by atoms with van der Waals surface area (Å²) in [6.45, 7) is 0.689. The van der Waals surface area contributed by atoms with Crippen LogP contribution in [0, 0.1) is 0 Å². The number of carbonyl (C=O) groups is 1. The van der Waals surface area contributed by atoms with Crippen molar-refractivity contribution in [3.8, 4) is 0 Å². The third kappa shape index (κ3) is 3.34. The van der Waals surface area contributed by atoms with Crippen LogP contribution in [0.15, 0.2) is 0 Å². The molecule has 64 valence electrons. The highest BCUT2D eigenvalue weighted by Gasteiger charge is 2.14. The lowest BCUT2D eigenvalue weighted by atomic mass is 10.2. The van der Waals surface area contributed by atoms with E-state index in [-0.39, 0.29) is 12.9 Å². The molecule has 1 aliphatic heterocycles. The smallest absolute Gasteiger partial charge is 0.243 e. The molecule has 0 bridgehead atoms. The molecule has 1 fully saturated rings. The highest BCUT2D eigenvalue weighted by atomic mass is 16.7. The van der Waals surface area contributed by atoms with Crippen LogP contribution in [0.25, 0.3) is 0 Å². The summed E-state index contributed by atoms with van der Waals surface area (Å²) >= 11 is 0. The van der Waals surface area contributed by atoms with E-state index in [1.807, 2.05) is 0 Å². The van der Waals surface area contributed by atoms with Crippen molar-refractivity contribution in [3.05, 3.63) is 0 Å². The van der Waals surface area contributed by atoms with Crippen LogP contribution < -0.4 is 5.73 Å². The Morgan fingerprint density at radius 3 is 3.00 bits per heavy atom. The van der Waals surface area contributed by atoms with Gasteiger partial charge in [0.1, 0.15) is 6.61 Å². The topological polar surface area (TPSA) is 61.6 Å². The van der Waals surface area contributed by atoms with E-state index in [0.29, 0.717) is 0 Å². The molecule has 0 saturated carbocycles. The minimum absolute atomic E-state index is 0.0370. The van der Waals surface area contributed by atoms with Crippen LogP contribution in [0.5, 0.6) is 0 Å². The maximum absolute atomic E-state index is 10.3. The SMILES string of the molecule is NC(=O)COC1CCCCO1. The molecule has 1 heterocycles. The molecule has 1 saturated heterocycles. The van der Waals surface area contributed by atoms with Crippen molar-refractivity contribution in [2.75, 3.05) is 13.2 Å². The summed E-state index contributed by atoms with van der Waals surface area (Å²) in [6.07, 6.45) is 2.84. The van der Waals surface area contributed by atoms with Crippen molar-refractivity contribution < 1.29 is 14.3 Å². The van der Waals surface area contributed by atoms with Gasteiger partial charge in [-0.15, -0.1) is 0 Å². The molecule has 0 radical (unpaired) electrons. The molecule has 1 aliphatic rings. The van der Waals surface area contributed by atoms with Crippen molar-refractivity contribution in [1.82, 2.24) is 0 Å². The molecule has 0 aliphatic carbocycles. The van der Waals surface area contributed by atoms with Gasteiger partial charge in [0.05, 0.1) is 0 Å². The molecule has 0 aromatic carbocycles. The monoisotopic (exact) mass is 159 g/mol. The van der Waals surface area contributed by atoms with Gasteiger partial charge in [0.2, 0.25) is 5.91 Å². The van der Waals surface area contributed by atoms with Gasteiger partial charge >= 0.3 is 0 Å². The maximum atomic E-state index is 10.3. The summed E-state index contributed by atoms with van der Waals surface area (Å²) in [5, 5.41) is 0. The second-order valence-corrected chi connectivity index (χ2v) is 2.57. The Morgan fingerprint density at radius 1 is 1.64 bits per heavy atom. The Hall–Kier alpha value is -0.610. The standard InChI is InChI=1S/C7H13NO3/c8-6(9)5-11-7-3-1-2-4-10-7/h7H,1-5H2,(H2,8,9). The number of nitrogens with two attached hydrogens (primary N) is 1. The van der Waals surface area contributed by atoms with Gasteiger partial charge in [0.25, 0.3) is 0 Å². The van der Waals surface area contributed by atoms with E-state index in [4.69, 9.17) is 15.2 Å². The molecule has 1 amide bonds. The van der Waals surface area contributed by atoms with Crippen molar-refractivity contribution >= 4 is 5.91 Å². The molecule has 0 spiro atoms. The largest absolute Gasteiger partial charge is 0.368 e. The number of hydrogen-bond donors (Lipinski definition) is 1. The van der Waals surface area contributed by atoms with Gasteiger partial charge in [-0.2, -0.15) is 0 Å². The minimum Gasteiger partial charge on any atom is -0.368 e. The molecular formula is C7H13NO3. The average Bonchev–Trinajstić information content (AvgIpc) is 2.03. The molecule has 1 rings (SSSR count). The Labute approximate surface area is 65.7 Å². The zero-order chi connectivity index (χ0) is 8.10. The molecule has 2 N–H and O–H groups in total. The Morgan fingerprint density at radius 2 is 2.45 bits per heavy atom. The molecular weight excluding hydrogens is 146 g/mol. The molecule has 0 aromatic rings. The zero-order valence-corrected chi connectivity index (χ0v) is 6.41. The fraction of sp³-hybridized carbons (Fsp3) is 0.857. The number of rotatable bonds is 3. The first-order valence-corrected chi connectivity index (χ1v) is 3.80. The van der Waals surface area contributed by atoms with Gasteiger partial charge in [-0.25, -0.2) is 0 Å². The number of hydrogen-bond acceptors (Lipinski definition) is 3. The van der Waals surface area contributed by atoms with Crippen LogP contribution in [0.4, 0.5) is 0 Å². The normalized spacial score (nSPS) is 24.9. The Kier molecular flexibility index (Phi) is 3.32. The number of amides is 1. The lowest BCUT2D eigenvalue weighted by Crippen LogP contribution is -2.27. The van der Waals surface area contributed by atoms with Crippen molar-refractivity contribution in [2.45, 2.75) is 25.6 Å². The van der Waals surface area contributed by atoms with E-state index in [9.17, 15) is 4.79 Å². The average molecular weight is 159 g/mol. The minimum atomic E-state index is -0.445. The Balaban J connectivity index is 2.09. The number of ether oxygens (including phenoxy) is 2. The quantitative estimate of drug-likeness (QED) is 0.631. The summed E-state index contributed by atoms with van der Waals surface area (Å²) in [6, 6.07) is 0. The van der Waals surface area contributed by atoms with Crippen LogP contribution in [0.3, 0.4) is 0 Å². The zero-order valence-electron chi connectivity index (χ0n) is 6.41. The van der Waals surface area contributed by atoms with Gasteiger partial charge in [0.15, 0.2) is 6.29 Å².